The number of hydrogen-bond donors (Lipinski definition) is 1. The van der Waals surface area contributed by atoms with Gasteiger partial charge in [-0.15, -0.1) is 11.3 Å². The van der Waals surface area contributed by atoms with Crippen LogP contribution in [0.5, 0.6) is 11.5 Å². The number of benzene rings is 1. The van der Waals surface area contributed by atoms with E-state index < -0.39 is 12.1 Å². The lowest BCUT2D eigenvalue weighted by Gasteiger charge is -2.15. The van der Waals surface area contributed by atoms with Gasteiger partial charge in [0.2, 0.25) is 0 Å². The minimum Gasteiger partial charge on any atom is -0.497 e. The molecular formula is C20H23NO5S. The van der Waals surface area contributed by atoms with Crippen molar-refractivity contribution >= 4 is 28.2 Å². The largest absolute Gasteiger partial charge is 0.497 e. The van der Waals surface area contributed by atoms with Gasteiger partial charge in [-0.3, -0.25) is 4.79 Å². The first-order chi connectivity index (χ1) is 13.0. The zero-order valence-corrected chi connectivity index (χ0v) is 16.5. The van der Waals surface area contributed by atoms with Gasteiger partial charge in [-0.1, -0.05) is 6.07 Å². The lowest BCUT2D eigenvalue weighted by molar-refractivity contribution is -0.122. The molecule has 7 heteroatoms. The van der Waals surface area contributed by atoms with E-state index in [1.165, 1.54) is 18.4 Å². The van der Waals surface area contributed by atoms with Gasteiger partial charge in [-0.25, -0.2) is 4.79 Å². The first kappa shape index (κ1) is 19.2. The number of esters is 1. The summed E-state index contributed by atoms with van der Waals surface area (Å²) in [4.78, 5) is 26.1. The number of rotatable bonds is 6. The highest BCUT2D eigenvalue weighted by atomic mass is 32.1. The number of methoxy groups -OCH3 is 2. The fraction of sp³-hybridized carbons (Fsp3) is 0.400. The van der Waals surface area contributed by atoms with Crippen molar-refractivity contribution in [1.82, 2.24) is 0 Å². The van der Waals surface area contributed by atoms with Gasteiger partial charge < -0.3 is 19.5 Å². The van der Waals surface area contributed by atoms with E-state index in [0.717, 1.165) is 36.1 Å². The van der Waals surface area contributed by atoms with Crippen LogP contribution in [-0.4, -0.2) is 32.2 Å². The highest BCUT2D eigenvalue weighted by Crippen LogP contribution is 2.38. The number of carbonyl (C=O) groups is 2. The zero-order chi connectivity index (χ0) is 19.4. The second-order valence-electron chi connectivity index (χ2n) is 6.33. The Morgan fingerprint density at radius 3 is 2.63 bits per heavy atom. The average molecular weight is 389 g/mol. The third-order valence-electron chi connectivity index (χ3n) is 4.52. The number of fused-ring (bicyclic) bond motifs is 1. The van der Waals surface area contributed by atoms with E-state index in [9.17, 15) is 9.59 Å². The number of thiophene rings is 1. The molecule has 0 saturated carbocycles. The first-order valence-corrected chi connectivity index (χ1v) is 9.69. The van der Waals surface area contributed by atoms with Crippen LogP contribution in [0.25, 0.3) is 0 Å². The molecule has 0 saturated heterocycles. The molecule has 0 radical (unpaired) electrons. The van der Waals surface area contributed by atoms with E-state index >= 15 is 0 Å². The van der Waals surface area contributed by atoms with Crippen LogP contribution in [-0.2, 0) is 22.4 Å². The van der Waals surface area contributed by atoms with Crippen molar-refractivity contribution in [1.29, 1.82) is 0 Å². The van der Waals surface area contributed by atoms with Gasteiger partial charge in [-0.05, 0) is 50.3 Å². The number of nitrogens with one attached hydrogen (secondary N) is 1. The van der Waals surface area contributed by atoms with Crippen LogP contribution in [0.1, 0.15) is 40.6 Å². The van der Waals surface area contributed by atoms with Gasteiger partial charge in [0, 0.05) is 10.9 Å². The molecule has 1 atom stereocenters. The number of amides is 1. The van der Waals surface area contributed by atoms with Crippen molar-refractivity contribution in [2.45, 2.75) is 38.7 Å². The fourth-order valence-corrected chi connectivity index (χ4v) is 4.40. The molecular weight excluding hydrogens is 366 g/mol. The van der Waals surface area contributed by atoms with Crippen LogP contribution >= 0.6 is 11.3 Å². The maximum absolute atomic E-state index is 12.6. The molecule has 1 N–H and O–H groups in total. The van der Waals surface area contributed by atoms with E-state index in [4.69, 9.17) is 14.2 Å². The van der Waals surface area contributed by atoms with Crippen LogP contribution in [0.2, 0.25) is 0 Å². The molecule has 0 unspecified atom stereocenters. The number of carbonyl (C=O) groups excluding carboxylic acids is 2. The van der Waals surface area contributed by atoms with Crippen molar-refractivity contribution < 1.29 is 23.8 Å². The van der Waals surface area contributed by atoms with Crippen molar-refractivity contribution in [3.63, 3.8) is 0 Å². The quantitative estimate of drug-likeness (QED) is 0.760. The first-order valence-electron chi connectivity index (χ1n) is 8.88. The molecule has 1 aliphatic carbocycles. The van der Waals surface area contributed by atoms with Crippen LogP contribution < -0.4 is 14.8 Å². The summed E-state index contributed by atoms with van der Waals surface area (Å²) in [7, 11) is 2.93. The normalized spacial score (nSPS) is 14.0. The Bertz CT molecular complexity index is 845. The molecule has 1 heterocycles. The van der Waals surface area contributed by atoms with Crippen LogP contribution in [0.15, 0.2) is 24.3 Å². The topological polar surface area (TPSA) is 73.9 Å². The Kier molecular flexibility index (Phi) is 6.01. The molecule has 1 amide bonds. The molecule has 144 valence electrons. The molecule has 3 rings (SSSR count). The molecule has 6 nitrogen and oxygen atoms in total. The summed E-state index contributed by atoms with van der Waals surface area (Å²) < 4.78 is 15.8. The Labute approximate surface area is 162 Å². The predicted molar refractivity (Wildman–Crippen MR) is 104 cm³/mol. The Morgan fingerprint density at radius 2 is 1.89 bits per heavy atom. The SMILES string of the molecule is COC(=O)c1c(NC(=O)[C@@H](C)Oc2cccc(OC)c2)sc2c1CCCC2. The second-order valence-corrected chi connectivity index (χ2v) is 7.44. The van der Waals surface area contributed by atoms with Crippen molar-refractivity contribution in [2.24, 2.45) is 0 Å². The standard InChI is InChI=1S/C20H23NO5S/c1-12(26-14-8-6-7-13(11-14)24-2)18(22)21-19-17(20(23)25-3)15-9-4-5-10-16(15)27-19/h6-8,11-12H,4-5,9-10H2,1-3H3,(H,21,22)/t12-/m1/s1. The van der Waals surface area contributed by atoms with Gasteiger partial charge in [0.15, 0.2) is 6.10 Å². The highest BCUT2D eigenvalue weighted by Gasteiger charge is 2.28. The monoisotopic (exact) mass is 389 g/mol. The molecule has 0 aliphatic heterocycles. The number of anilines is 1. The van der Waals surface area contributed by atoms with E-state index in [1.54, 1.807) is 38.3 Å². The number of ether oxygens (including phenoxy) is 3. The second kappa shape index (κ2) is 8.43. The lowest BCUT2D eigenvalue weighted by Crippen LogP contribution is -2.30. The maximum Gasteiger partial charge on any atom is 0.341 e. The average Bonchev–Trinajstić information content (AvgIpc) is 3.05. The number of aryl methyl sites for hydroxylation is 1. The molecule has 1 aromatic carbocycles. The predicted octanol–water partition coefficient (Wildman–Crippen LogP) is 3.83. The third kappa shape index (κ3) is 4.24. The summed E-state index contributed by atoms with van der Waals surface area (Å²) in [6, 6.07) is 7.07. The summed E-state index contributed by atoms with van der Waals surface area (Å²) in [5.74, 6) is 0.460. The summed E-state index contributed by atoms with van der Waals surface area (Å²) in [5.41, 5.74) is 1.49. The maximum atomic E-state index is 12.6. The minimum atomic E-state index is -0.735. The lowest BCUT2D eigenvalue weighted by atomic mass is 9.95. The summed E-state index contributed by atoms with van der Waals surface area (Å²) in [5, 5.41) is 3.40. The Hall–Kier alpha value is -2.54. The smallest absolute Gasteiger partial charge is 0.341 e. The molecule has 2 aromatic rings. The van der Waals surface area contributed by atoms with Crippen molar-refractivity contribution in [3.8, 4) is 11.5 Å². The van der Waals surface area contributed by atoms with Crippen LogP contribution in [0.3, 0.4) is 0 Å². The van der Waals surface area contributed by atoms with Crippen LogP contribution in [0, 0.1) is 0 Å². The molecule has 1 aliphatic rings. The highest BCUT2D eigenvalue weighted by molar-refractivity contribution is 7.17. The fourth-order valence-electron chi connectivity index (χ4n) is 3.12. The minimum absolute atomic E-state index is 0.318. The Morgan fingerprint density at radius 1 is 1.15 bits per heavy atom. The molecule has 27 heavy (non-hydrogen) atoms. The van der Waals surface area contributed by atoms with E-state index in [-0.39, 0.29) is 5.91 Å². The van der Waals surface area contributed by atoms with Gasteiger partial charge in [-0.2, -0.15) is 0 Å². The van der Waals surface area contributed by atoms with E-state index in [1.807, 2.05) is 0 Å². The van der Waals surface area contributed by atoms with E-state index in [0.29, 0.717) is 22.1 Å². The summed E-state index contributed by atoms with van der Waals surface area (Å²) in [6.07, 6.45) is 3.16. The molecule has 0 bridgehead atoms. The Balaban J connectivity index is 1.76. The molecule has 0 fully saturated rings. The van der Waals surface area contributed by atoms with Crippen molar-refractivity contribution in [2.75, 3.05) is 19.5 Å². The van der Waals surface area contributed by atoms with Gasteiger partial charge in [0.05, 0.1) is 19.8 Å². The summed E-state index contributed by atoms with van der Waals surface area (Å²) >= 11 is 1.46. The van der Waals surface area contributed by atoms with Gasteiger partial charge in [0.25, 0.3) is 5.91 Å². The van der Waals surface area contributed by atoms with Crippen molar-refractivity contribution in [3.05, 3.63) is 40.3 Å². The third-order valence-corrected chi connectivity index (χ3v) is 5.73. The van der Waals surface area contributed by atoms with Gasteiger partial charge in [0.1, 0.15) is 16.5 Å². The zero-order valence-electron chi connectivity index (χ0n) is 15.7. The number of hydrogen-bond acceptors (Lipinski definition) is 6. The van der Waals surface area contributed by atoms with Crippen LogP contribution in [0.4, 0.5) is 5.00 Å². The van der Waals surface area contributed by atoms with E-state index in [2.05, 4.69) is 5.32 Å². The molecule has 1 aromatic heterocycles. The molecule has 0 spiro atoms. The van der Waals surface area contributed by atoms with Gasteiger partial charge >= 0.3 is 5.97 Å². The summed E-state index contributed by atoms with van der Waals surface area (Å²) in [6.45, 7) is 1.67.